The predicted molar refractivity (Wildman–Crippen MR) is 126 cm³/mol. The lowest BCUT2D eigenvalue weighted by Gasteiger charge is -2.15. The van der Waals surface area contributed by atoms with Crippen molar-refractivity contribution in [2.45, 2.75) is 0 Å². The molecule has 2 aromatic carbocycles. The van der Waals surface area contributed by atoms with Crippen LogP contribution in [0, 0.1) is 17.5 Å². The molecule has 0 saturated heterocycles. The Balaban J connectivity index is 1.76. The number of fused-ring (bicyclic) bond motifs is 1. The second kappa shape index (κ2) is 10.5. The molecule has 36 heavy (non-hydrogen) atoms. The molecule has 0 unspecified atom stereocenters. The Hall–Kier alpha value is -4.38. The van der Waals surface area contributed by atoms with E-state index in [1.54, 1.807) is 19.2 Å². The number of nitrogens with one attached hydrogen (secondary N) is 1. The van der Waals surface area contributed by atoms with Crippen molar-refractivity contribution in [2.75, 3.05) is 27.3 Å². The SMILES string of the molecule is CNCCOc1cc2nccc(Oc3c(F)cc(-c4ncccc4C(N)=O)c(F)c3F)c2cc1OC. The highest BCUT2D eigenvalue weighted by atomic mass is 19.2. The van der Waals surface area contributed by atoms with Crippen molar-refractivity contribution in [3.8, 4) is 34.3 Å². The smallest absolute Gasteiger partial charge is 0.250 e. The first-order chi connectivity index (χ1) is 17.3. The summed E-state index contributed by atoms with van der Waals surface area (Å²) in [5.74, 6) is -5.42. The Morgan fingerprint density at radius 2 is 1.83 bits per heavy atom. The summed E-state index contributed by atoms with van der Waals surface area (Å²) in [5.41, 5.74) is 4.62. The third-order valence-corrected chi connectivity index (χ3v) is 5.25. The number of rotatable bonds is 9. The summed E-state index contributed by atoms with van der Waals surface area (Å²) < 4.78 is 61.7. The summed E-state index contributed by atoms with van der Waals surface area (Å²) in [6.07, 6.45) is 2.61. The molecule has 11 heteroatoms. The fourth-order valence-corrected chi connectivity index (χ4v) is 3.53. The molecule has 0 aliphatic heterocycles. The van der Waals surface area contributed by atoms with Crippen molar-refractivity contribution < 1.29 is 32.2 Å². The van der Waals surface area contributed by atoms with E-state index in [0.29, 0.717) is 41.6 Å². The number of hydrogen-bond acceptors (Lipinski definition) is 7. The molecule has 0 saturated carbocycles. The van der Waals surface area contributed by atoms with Crippen LogP contribution in [-0.4, -0.2) is 43.2 Å². The molecular formula is C25H21F3N4O4. The van der Waals surface area contributed by atoms with Gasteiger partial charge in [0.05, 0.1) is 23.9 Å². The van der Waals surface area contributed by atoms with Gasteiger partial charge in [-0.25, -0.2) is 8.78 Å². The average Bonchev–Trinajstić information content (AvgIpc) is 2.88. The van der Waals surface area contributed by atoms with E-state index in [1.807, 2.05) is 0 Å². The number of nitrogens with two attached hydrogens (primary N) is 1. The maximum Gasteiger partial charge on any atom is 0.250 e. The predicted octanol–water partition coefficient (Wildman–Crippen LogP) is 4.21. The summed E-state index contributed by atoms with van der Waals surface area (Å²) in [6.45, 7) is 0.960. The molecule has 2 heterocycles. The third-order valence-electron chi connectivity index (χ3n) is 5.25. The highest BCUT2D eigenvalue weighted by Crippen LogP contribution is 2.40. The molecule has 0 radical (unpaired) electrons. The second-order valence-corrected chi connectivity index (χ2v) is 7.51. The molecule has 4 aromatic rings. The van der Waals surface area contributed by atoms with Crippen molar-refractivity contribution in [3.05, 3.63) is 71.8 Å². The van der Waals surface area contributed by atoms with Gasteiger partial charge in [-0.2, -0.15) is 4.39 Å². The molecule has 0 atom stereocenters. The van der Waals surface area contributed by atoms with E-state index in [9.17, 15) is 4.79 Å². The number of amides is 1. The molecule has 2 aromatic heterocycles. The second-order valence-electron chi connectivity index (χ2n) is 7.51. The van der Waals surface area contributed by atoms with Crippen molar-refractivity contribution in [1.82, 2.24) is 15.3 Å². The highest BCUT2D eigenvalue weighted by Gasteiger charge is 2.25. The van der Waals surface area contributed by atoms with Gasteiger partial charge in [0, 0.05) is 36.0 Å². The molecule has 8 nitrogen and oxygen atoms in total. The number of halogens is 3. The standard InChI is InChI=1S/C25H21F3N4O4/c1-30-8-9-35-20-12-17-14(11-19(20)34-2)18(5-7-31-17)36-24-16(26)10-15(21(27)22(24)28)23-13(25(29)33)4-3-6-32-23/h3-7,10-12,30H,8-9H2,1-2H3,(H2,29,33). The molecular weight excluding hydrogens is 477 g/mol. The Morgan fingerprint density at radius 1 is 1.03 bits per heavy atom. The maximum absolute atomic E-state index is 15.1. The number of pyridine rings is 2. The lowest BCUT2D eigenvalue weighted by Crippen LogP contribution is -2.16. The lowest BCUT2D eigenvalue weighted by atomic mass is 10.0. The van der Waals surface area contributed by atoms with Gasteiger partial charge in [-0.15, -0.1) is 0 Å². The topological polar surface area (TPSA) is 109 Å². The van der Waals surface area contributed by atoms with E-state index < -0.39 is 34.7 Å². The van der Waals surface area contributed by atoms with E-state index in [4.69, 9.17) is 19.9 Å². The Kier molecular flexibility index (Phi) is 7.20. The molecule has 0 aliphatic rings. The van der Waals surface area contributed by atoms with Gasteiger partial charge in [0.25, 0.3) is 5.91 Å². The first-order valence-electron chi connectivity index (χ1n) is 10.7. The van der Waals surface area contributed by atoms with E-state index in [0.717, 1.165) is 0 Å². The number of hydrogen-bond donors (Lipinski definition) is 2. The molecule has 1 amide bonds. The Labute approximate surface area is 203 Å². The largest absolute Gasteiger partial charge is 0.493 e. The Morgan fingerprint density at radius 3 is 2.56 bits per heavy atom. The number of nitrogens with zero attached hydrogens (tertiary/aromatic N) is 2. The van der Waals surface area contributed by atoms with E-state index in [2.05, 4.69) is 15.3 Å². The monoisotopic (exact) mass is 498 g/mol. The first-order valence-corrected chi connectivity index (χ1v) is 10.7. The number of likely N-dealkylation sites (N-methyl/N-ethyl adjacent to an activating group) is 1. The van der Waals surface area contributed by atoms with Crippen LogP contribution in [0.4, 0.5) is 13.2 Å². The lowest BCUT2D eigenvalue weighted by molar-refractivity contribution is 0.100. The summed E-state index contributed by atoms with van der Waals surface area (Å²) in [5, 5.41) is 3.30. The van der Waals surface area contributed by atoms with Gasteiger partial charge < -0.3 is 25.3 Å². The van der Waals surface area contributed by atoms with Crippen LogP contribution in [0.5, 0.6) is 23.0 Å². The van der Waals surface area contributed by atoms with Crippen molar-refractivity contribution in [2.24, 2.45) is 5.73 Å². The number of primary amides is 1. The van der Waals surface area contributed by atoms with Crippen LogP contribution in [0.3, 0.4) is 0 Å². The van der Waals surface area contributed by atoms with Crippen LogP contribution < -0.4 is 25.3 Å². The highest BCUT2D eigenvalue weighted by molar-refractivity contribution is 5.98. The molecule has 0 fully saturated rings. The molecule has 0 aliphatic carbocycles. The fourth-order valence-electron chi connectivity index (χ4n) is 3.53. The van der Waals surface area contributed by atoms with Crippen LogP contribution in [0.25, 0.3) is 22.2 Å². The average molecular weight is 498 g/mol. The summed E-state index contributed by atoms with van der Waals surface area (Å²) in [7, 11) is 3.22. The van der Waals surface area contributed by atoms with E-state index >= 15 is 13.2 Å². The van der Waals surface area contributed by atoms with Gasteiger partial charge in [-0.1, -0.05) is 0 Å². The zero-order valence-corrected chi connectivity index (χ0v) is 19.3. The minimum absolute atomic E-state index is 0.000635. The summed E-state index contributed by atoms with van der Waals surface area (Å²) in [4.78, 5) is 19.8. The van der Waals surface area contributed by atoms with Crippen LogP contribution in [0.2, 0.25) is 0 Å². The van der Waals surface area contributed by atoms with Gasteiger partial charge in [-0.05, 0) is 37.4 Å². The number of methoxy groups -OCH3 is 1. The van der Waals surface area contributed by atoms with Crippen LogP contribution >= 0.6 is 0 Å². The number of carbonyl (C=O) groups excluding carboxylic acids is 1. The zero-order valence-electron chi connectivity index (χ0n) is 19.3. The number of ether oxygens (including phenoxy) is 3. The minimum atomic E-state index is -1.60. The molecule has 0 spiro atoms. The first kappa shape index (κ1) is 24.7. The van der Waals surface area contributed by atoms with Crippen LogP contribution in [-0.2, 0) is 0 Å². The fraction of sp³-hybridized carbons (Fsp3) is 0.160. The van der Waals surface area contributed by atoms with E-state index in [-0.39, 0.29) is 17.0 Å². The van der Waals surface area contributed by atoms with Gasteiger partial charge in [0.1, 0.15) is 12.4 Å². The van der Waals surface area contributed by atoms with Gasteiger partial charge in [0.2, 0.25) is 11.6 Å². The number of benzene rings is 2. The van der Waals surface area contributed by atoms with Gasteiger partial charge in [-0.3, -0.25) is 14.8 Å². The van der Waals surface area contributed by atoms with Crippen molar-refractivity contribution >= 4 is 16.8 Å². The minimum Gasteiger partial charge on any atom is -0.493 e. The Bertz CT molecular complexity index is 1450. The molecule has 3 N–H and O–H groups in total. The van der Waals surface area contributed by atoms with Gasteiger partial charge >= 0.3 is 0 Å². The molecule has 4 rings (SSSR count). The maximum atomic E-state index is 15.1. The van der Waals surface area contributed by atoms with E-state index in [1.165, 1.54) is 37.7 Å². The molecule has 186 valence electrons. The molecule has 0 bridgehead atoms. The van der Waals surface area contributed by atoms with Crippen LogP contribution in [0.15, 0.2) is 48.8 Å². The summed E-state index contributed by atoms with van der Waals surface area (Å²) >= 11 is 0. The summed E-state index contributed by atoms with van der Waals surface area (Å²) in [6, 6.07) is 7.88. The third kappa shape index (κ3) is 4.73. The number of aromatic nitrogens is 2. The van der Waals surface area contributed by atoms with Crippen molar-refractivity contribution in [1.29, 1.82) is 0 Å². The number of carbonyl (C=O) groups is 1. The van der Waals surface area contributed by atoms with Crippen LogP contribution in [0.1, 0.15) is 10.4 Å². The normalized spacial score (nSPS) is 10.9. The van der Waals surface area contributed by atoms with Gasteiger partial charge in [0.15, 0.2) is 23.1 Å². The quantitative estimate of drug-likeness (QED) is 0.263. The van der Waals surface area contributed by atoms with Crippen molar-refractivity contribution in [3.63, 3.8) is 0 Å². The zero-order chi connectivity index (χ0) is 25.8.